The molecule has 316 valence electrons. The number of benzene rings is 2. The van der Waals surface area contributed by atoms with Crippen molar-refractivity contribution in [2.45, 2.75) is 130 Å². The lowest BCUT2D eigenvalue weighted by Crippen LogP contribution is -2.56. The number of rotatable bonds is 21. The van der Waals surface area contributed by atoms with Gasteiger partial charge in [0.05, 0.1) is 31.0 Å². The van der Waals surface area contributed by atoms with Crippen LogP contribution >= 0.6 is 23.4 Å². The Morgan fingerprint density at radius 3 is 2.40 bits per heavy atom. The molecule has 4 amide bonds. The third kappa shape index (κ3) is 11.7. The van der Waals surface area contributed by atoms with E-state index in [4.69, 9.17) is 31.9 Å². The van der Waals surface area contributed by atoms with Crippen molar-refractivity contribution in [3.05, 3.63) is 77.1 Å². The number of hydrogen-bond donors (Lipinski definition) is 9. The molecule has 0 spiro atoms. The molecule has 3 aromatic rings. The molecular weight excluding hydrogens is 786 g/mol. The van der Waals surface area contributed by atoms with Gasteiger partial charge in [-0.15, -0.1) is 11.8 Å². The fraction of sp³-hybridized carbons (Fsp3) is 0.548. The first-order chi connectivity index (χ1) is 27.9. The zero-order valence-corrected chi connectivity index (χ0v) is 34.1. The van der Waals surface area contributed by atoms with Crippen molar-refractivity contribution >= 4 is 35.4 Å². The van der Waals surface area contributed by atoms with Crippen LogP contribution in [0.25, 0.3) is 11.1 Å². The van der Waals surface area contributed by atoms with E-state index in [0.29, 0.717) is 37.3 Å². The van der Waals surface area contributed by atoms with Gasteiger partial charge in [-0.25, -0.2) is 9.59 Å². The molecule has 3 saturated carbocycles. The summed E-state index contributed by atoms with van der Waals surface area (Å²) in [7, 11) is 0. The number of nitrogens with two attached hydrogens (primary N) is 1. The number of hydrogen-bond acceptors (Lipinski definition) is 11. The predicted molar refractivity (Wildman–Crippen MR) is 220 cm³/mol. The van der Waals surface area contributed by atoms with E-state index in [1.165, 1.54) is 0 Å². The van der Waals surface area contributed by atoms with E-state index >= 15 is 0 Å². The van der Waals surface area contributed by atoms with E-state index in [2.05, 4.69) is 33.1 Å². The highest BCUT2D eigenvalue weighted by Gasteiger charge is 2.48. The molecule has 1 heterocycles. The van der Waals surface area contributed by atoms with E-state index in [1.54, 1.807) is 11.8 Å². The Balaban J connectivity index is 0.954. The second-order valence-electron chi connectivity index (χ2n) is 15.8. The molecule has 0 aliphatic heterocycles. The molecule has 4 atom stereocenters. The van der Waals surface area contributed by atoms with Crippen LogP contribution in [-0.2, 0) is 16.9 Å². The Labute approximate surface area is 348 Å². The number of urea groups is 2. The first kappa shape index (κ1) is 43.9. The predicted octanol–water partition coefficient (Wildman–Crippen LogP) is 4.50. The smallest absolute Gasteiger partial charge is 0.315 e. The number of halogens is 1. The highest BCUT2D eigenvalue weighted by molar-refractivity contribution is 7.99. The van der Waals surface area contributed by atoms with Crippen LogP contribution in [0.15, 0.2) is 65.8 Å². The van der Waals surface area contributed by atoms with Crippen molar-refractivity contribution in [2.24, 2.45) is 5.73 Å². The van der Waals surface area contributed by atoms with E-state index < -0.39 is 54.2 Å². The van der Waals surface area contributed by atoms with Crippen molar-refractivity contribution in [2.75, 3.05) is 18.9 Å². The average molecular weight is 842 g/mol. The summed E-state index contributed by atoms with van der Waals surface area (Å²) in [5.74, 6) is 1.75. The number of primary amides is 1. The molecular formula is C42H56ClN5O9S. The van der Waals surface area contributed by atoms with Gasteiger partial charge in [0.25, 0.3) is 0 Å². The lowest BCUT2D eigenvalue weighted by molar-refractivity contribution is -0.113. The van der Waals surface area contributed by atoms with Crippen LogP contribution in [0.3, 0.4) is 0 Å². The largest absolute Gasteiger partial charge is 0.490 e. The van der Waals surface area contributed by atoms with Crippen LogP contribution in [0, 0.1) is 0 Å². The maximum absolute atomic E-state index is 12.5. The third-order valence-electron chi connectivity index (χ3n) is 11.3. The average Bonchev–Trinajstić information content (AvgIpc) is 4.18. The van der Waals surface area contributed by atoms with Crippen molar-refractivity contribution in [3.63, 3.8) is 0 Å². The number of thioether (sulfide) groups is 1. The SMILES string of the molecule is NC(=O)NC1(CCCCSc2ccc(Cl)c(COC3(c4cnccc4-c4ccccc4OC4CC4)CC3)c2)CCC(NC(=O)NC[C@H](O)[C@@H](O)[C@H](O)[C@H](O)CO)CC1. The third-order valence-corrected chi connectivity index (χ3v) is 12.8. The van der Waals surface area contributed by atoms with Crippen LogP contribution in [0.5, 0.6) is 5.75 Å². The number of carbonyl (C=O) groups excluding carboxylic acids is 2. The number of aliphatic hydroxyl groups is 5. The summed E-state index contributed by atoms with van der Waals surface area (Å²) >= 11 is 8.43. The Morgan fingerprint density at radius 2 is 1.69 bits per heavy atom. The van der Waals surface area contributed by atoms with Crippen LogP contribution in [-0.4, -0.2) is 104 Å². The second-order valence-corrected chi connectivity index (χ2v) is 17.3. The first-order valence-electron chi connectivity index (χ1n) is 20.1. The van der Waals surface area contributed by atoms with Crippen LogP contribution < -0.4 is 26.4 Å². The van der Waals surface area contributed by atoms with E-state index in [9.17, 15) is 30.0 Å². The molecule has 3 aliphatic rings. The summed E-state index contributed by atoms with van der Waals surface area (Å²) in [4.78, 5) is 30.1. The van der Waals surface area contributed by atoms with E-state index in [0.717, 1.165) is 83.6 Å². The quantitative estimate of drug-likeness (QED) is 0.0536. The van der Waals surface area contributed by atoms with Gasteiger partial charge in [-0.3, -0.25) is 4.98 Å². The summed E-state index contributed by atoms with van der Waals surface area (Å²) in [6, 6.07) is 14.9. The van der Waals surface area contributed by atoms with E-state index in [1.807, 2.05) is 48.8 Å². The zero-order chi connectivity index (χ0) is 41.3. The van der Waals surface area contributed by atoms with Crippen LogP contribution in [0.4, 0.5) is 9.59 Å². The zero-order valence-electron chi connectivity index (χ0n) is 32.5. The minimum atomic E-state index is -1.78. The highest BCUT2D eigenvalue weighted by Crippen LogP contribution is 2.53. The Morgan fingerprint density at radius 1 is 0.948 bits per heavy atom. The summed E-state index contributed by atoms with van der Waals surface area (Å²) < 4.78 is 12.9. The number of aromatic nitrogens is 1. The molecule has 14 nitrogen and oxygen atoms in total. The fourth-order valence-corrected chi connectivity index (χ4v) is 8.75. The Bertz CT molecular complexity index is 1840. The Hall–Kier alpha value is -3.67. The molecule has 0 radical (unpaired) electrons. The van der Waals surface area contributed by atoms with Gasteiger partial charge in [-0.2, -0.15) is 0 Å². The summed E-state index contributed by atoms with van der Waals surface area (Å²) in [6.07, 6.45) is 6.15. The van der Waals surface area contributed by atoms with Gasteiger partial charge in [0.1, 0.15) is 24.1 Å². The molecule has 3 fully saturated rings. The second kappa shape index (κ2) is 20.1. The topological polar surface area (TPSA) is 229 Å². The minimum absolute atomic E-state index is 0.185. The molecule has 10 N–H and O–H groups in total. The van der Waals surface area contributed by atoms with Gasteiger partial charge in [-0.05, 0) is 111 Å². The number of aliphatic hydroxyl groups excluding tert-OH is 5. The molecule has 0 unspecified atom stereocenters. The number of ether oxygens (including phenoxy) is 2. The summed E-state index contributed by atoms with van der Waals surface area (Å²) in [5, 5.41) is 57.2. The molecule has 1 aromatic heterocycles. The van der Waals surface area contributed by atoms with Crippen LogP contribution in [0.2, 0.25) is 5.02 Å². The van der Waals surface area contributed by atoms with Crippen molar-refractivity contribution in [3.8, 4) is 16.9 Å². The monoisotopic (exact) mass is 841 g/mol. The molecule has 16 heteroatoms. The standard InChI is InChI=1S/C42H56ClN5O9S/c43-33-10-9-29(21-26(33)25-56-42(17-18-42)32-22-45-19-13-30(32)31-5-1-2-6-36(31)57-28-7-8-28)58-20-4-3-14-41(48-39(44)54)15-11-27(12-16-41)47-40(55)46-23-34(50)37(52)38(53)35(51)24-49/h1-2,5-6,9-10,13,19,21-22,27-28,34-35,37-38,49-53H,3-4,7-8,11-12,14-18,20,23-25H2,(H3,44,48,54)(H2,46,47,55)/t27?,34-,35+,37+,38+,41?/m0/s1. The molecule has 2 aromatic carbocycles. The summed E-state index contributed by atoms with van der Waals surface area (Å²) in [5.41, 5.74) is 8.78. The first-order valence-corrected chi connectivity index (χ1v) is 21.5. The summed E-state index contributed by atoms with van der Waals surface area (Å²) in [6.45, 7) is -0.811. The van der Waals surface area contributed by atoms with Gasteiger partial charge < -0.3 is 56.7 Å². The number of pyridine rings is 1. The number of amides is 4. The van der Waals surface area contributed by atoms with E-state index in [-0.39, 0.29) is 18.7 Å². The maximum atomic E-state index is 12.5. The number of carbonyl (C=O) groups is 2. The van der Waals surface area contributed by atoms with Gasteiger partial charge in [0.15, 0.2) is 0 Å². The number of para-hydroxylation sites is 1. The molecule has 6 rings (SSSR count). The molecule has 0 bridgehead atoms. The van der Waals surface area contributed by atoms with Crippen molar-refractivity contribution in [1.29, 1.82) is 0 Å². The van der Waals surface area contributed by atoms with Crippen molar-refractivity contribution in [1.82, 2.24) is 20.9 Å². The van der Waals surface area contributed by atoms with Gasteiger partial charge >= 0.3 is 12.1 Å². The van der Waals surface area contributed by atoms with Crippen molar-refractivity contribution < 1.29 is 44.6 Å². The normalized spacial score (nSPS) is 21.9. The maximum Gasteiger partial charge on any atom is 0.315 e. The Kier molecular flexibility index (Phi) is 15.2. The van der Waals surface area contributed by atoms with Crippen LogP contribution in [0.1, 0.15) is 81.8 Å². The highest BCUT2D eigenvalue weighted by atomic mass is 35.5. The van der Waals surface area contributed by atoms with Gasteiger partial charge in [0, 0.05) is 51.6 Å². The van der Waals surface area contributed by atoms with Gasteiger partial charge in [0.2, 0.25) is 0 Å². The number of nitrogens with zero attached hydrogens (tertiary/aromatic N) is 1. The molecule has 58 heavy (non-hydrogen) atoms. The van der Waals surface area contributed by atoms with Gasteiger partial charge in [-0.1, -0.05) is 36.2 Å². The fourth-order valence-electron chi connectivity index (χ4n) is 7.61. The molecule has 3 aliphatic carbocycles. The number of unbranched alkanes of at least 4 members (excludes halogenated alkanes) is 1. The minimum Gasteiger partial charge on any atom is -0.490 e. The number of nitrogens with one attached hydrogen (secondary N) is 3. The lowest BCUT2D eigenvalue weighted by atomic mass is 9.76. The molecule has 0 saturated heterocycles. The lowest BCUT2D eigenvalue weighted by Gasteiger charge is -2.41.